The first-order chi connectivity index (χ1) is 9.60. The van der Waals surface area contributed by atoms with Gasteiger partial charge in [0.15, 0.2) is 10.6 Å². The van der Waals surface area contributed by atoms with E-state index in [0.29, 0.717) is 21.7 Å². The molecule has 1 fully saturated rings. The van der Waals surface area contributed by atoms with Gasteiger partial charge in [-0.2, -0.15) is 0 Å². The molecule has 1 aromatic carbocycles. The minimum Gasteiger partial charge on any atom is -0.328 e. The van der Waals surface area contributed by atoms with Crippen molar-refractivity contribution < 1.29 is 8.78 Å². The highest BCUT2D eigenvalue weighted by Crippen LogP contribution is 2.36. The molecular formula is C15H18F2N2S. The van der Waals surface area contributed by atoms with E-state index >= 15 is 0 Å². The molecule has 1 aliphatic rings. The first-order valence-electron chi connectivity index (χ1n) is 7.19. The molecule has 20 heavy (non-hydrogen) atoms. The van der Waals surface area contributed by atoms with E-state index in [4.69, 9.17) is 12.2 Å². The minimum atomic E-state index is -0.576. The Hall–Kier alpha value is -1.23. The van der Waals surface area contributed by atoms with E-state index in [2.05, 4.69) is 11.9 Å². The second-order valence-corrected chi connectivity index (χ2v) is 6.06. The number of imidazole rings is 1. The second-order valence-electron chi connectivity index (χ2n) is 5.68. The van der Waals surface area contributed by atoms with Crippen molar-refractivity contribution in [1.82, 2.24) is 9.55 Å². The standard InChI is InChI=1S/C15H18F2N2S/c1-2-9-4-3-5-11(6-9)19-13-8-10(16)7-12(17)14(13)18-15(19)20/h7-9,11H,2-6H2,1H3,(H,18,20). The lowest BCUT2D eigenvalue weighted by atomic mass is 9.84. The van der Waals surface area contributed by atoms with Crippen LogP contribution >= 0.6 is 12.2 Å². The Bertz CT molecular complexity index is 689. The van der Waals surface area contributed by atoms with Crippen LogP contribution in [-0.2, 0) is 0 Å². The predicted octanol–water partition coefficient (Wildman–Crippen LogP) is 5.12. The fourth-order valence-corrected chi connectivity index (χ4v) is 3.73. The van der Waals surface area contributed by atoms with Gasteiger partial charge in [-0.15, -0.1) is 0 Å². The highest BCUT2D eigenvalue weighted by Gasteiger charge is 2.24. The van der Waals surface area contributed by atoms with Gasteiger partial charge in [0, 0.05) is 12.1 Å². The van der Waals surface area contributed by atoms with Crippen LogP contribution in [0.3, 0.4) is 0 Å². The Balaban J connectivity index is 2.11. The lowest BCUT2D eigenvalue weighted by Crippen LogP contribution is -2.19. The molecule has 1 heterocycles. The van der Waals surface area contributed by atoms with Crippen LogP contribution in [-0.4, -0.2) is 9.55 Å². The van der Waals surface area contributed by atoms with E-state index in [9.17, 15) is 8.78 Å². The molecule has 3 rings (SSSR count). The summed E-state index contributed by atoms with van der Waals surface area (Å²) in [5.41, 5.74) is 0.865. The van der Waals surface area contributed by atoms with Crippen LogP contribution in [0.2, 0.25) is 0 Å². The molecule has 2 atom stereocenters. The van der Waals surface area contributed by atoms with E-state index in [1.54, 1.807) is 0 Å². The number of rotatable bonds is 2. The number of H-pyrrole nitrogens is 1. The largest absolute Gasteiger partial charge is 0.328 e. The summed E-state index contributed by atoms with van der Waals surface area (Å²) in [5.74, 6) is -0.452. The van der Waals surface area contributed by atoms with Gasteiger partial charge >= 0.3 is 0 Å². The number of nitrogens with one attached hydrogen (secondary N) is 1. The molecule has 108 valence electrons. The zero-order valence-corrected chi connectivity index (χ0v) is 12.3. The quantitative estimate of drug-likeness (QED) is 0.763. The molecule has 1 aliphatic carbocycles. The number of benzene rings is 1. The van der Waals surface area contributed by atoms with Crippen molar-refractivity contribution in [1.29, 1.82) is 0 Å². The maximum Gasteiger partial charge on any atom is 0.178 e. The van der Waals surface area contributed by atoms with E-state index < -0.39 is 11.6 Å². The first kappa shape index (κ1) is 13.7. The van der Waals surface area contributed by atoms with E-state index in [0.717, 1.165) is 31.7 Å². The molecule has 0 saturated heterocycles. The number of aromatic nitrogens is 2. The van der Waals surface area contributed by atoms with Crippen LogP contribution in [0.1, 0.15) is 45.1 Å². The average molecular weight is 296 g/mol. The lowest BCUT2D eigenvalue weighted by molar-refractivity contribution is 0.263. The van der Waals surface area contributed by atoms with Gasteiger partial charge in [0.05, 0.1) is 5.52 Å². The highest BCUT2D eigenvalue weighted by atomic mass is 32.1. The maximum atomic E-state index is 13.8. The van der Waals surface area contributed by atoms with Crippen LogP contribution in [0.15, 0.2) is 12.1 Å². The molecule has 0 aliphatic heterocycles. The molecule has 0 amide bonds. The Morgan fingerprint density at radius 3 is 2.90 bits per heavy atom. The number of halogens is 2. The van der Waals surface area contributed by atoms with Crippen LogP contribution in [0.4, 0.5) is 8.78 Å². The molecule has 5 heteroatoms. The number of hydrogen-bond donors (Lipinski definition) is 1. The van der Waals surface area contributed by atoms with Gasteiger partial charge < -0.3 is 9.55 Å². The lowest BCUT2D eigenvalue weighted by Gasteiger charge is -2.29. The summed E-state index contributed by atoms with van der Waals surface area (Å²) >= 11 is 5.33. The molecule has 2 unspecified atom stereocenters. The topological polar surface area (TPSA) is 20.7 Å². The smallest absolute Gasteiger partial charge is 0.178 e. The molecule has 0 spiro atoms. The molecule has 2 aromatic rings. The summed E-state index contributed by atoms with van der Waals surface area (Å²) in [6.07, 6.45) is 5.60. The number of aromatic amines is 1. The van der Waals surface area contributed by atoms with E-state index in [1.807, 2.05) is 4.57 Å². The SMILES string of the molecule is CCC1CCCC(n2c(=S)[nH]c3c(F)cc(F)cc32)C1. The molecule has 2 nitrogen and oxygen atoms in total. The molecule has 0 bridgehead atoms. The van der Waals surface area contributed by atoms with Crippen molar-refractivity contribution in [3.8, 4) is 0 Å². The Kier molecular flexibility index (Phi) is 3.63. The van der Waals surface area contributed by atoms with Crippen molar-refractivity contribution in [2.75, 3.05) is 0 Å². The fourth-order valence-electron chi connectivity index (χ4n) is 3.38. The Morgan fingerprint density at radius 1 is 1.35 bits per heavy atom. The summed E-state index contributed by atoms with van der Waals surface area (Å²) in [5, 5.41) is 0. The van der Waals surface area contributed by atoms with E-state index in [1.165, 1.54) is 12.5 Å². The zero-order chi connectivity index (χ0) is 14.3. The number of fused-ring (bicyclic) bond motifs is 1. The third kappa shape index (κ3) is 2.28. The van der Waals surface area contributed by atoms with Crippen LogP contribution in [0.5, 0.6) is 0 Å². The van der Waals surface area contributed by atoms with Gasteiger partial charge in [0.1, 0.15) is 11.3 Å². The Labute approximate surface area is 121 Å². The zero-order valence-electron chi connectivity index (χ0n) is 11.5. The maximum absolute atomic E-state index is 13.8. The predicted molar refractivity (Wildman–Crippen MR) is 78.3 cm³/mol. The molecule has 1 saturated carbocycles. The number of hydrogen-bond acceptors (Lipinski definition) is 1. The van der Waals surface area contributed by atoms with Crippen molar-refractivity contribution in [3.63, 3.8) is 0 Å². The molecular weight excluding hydrogens is 278 g/mol. The third-order valence-electron chi connectivity index (χ3n) is 4.44. The van der Waals surface area contributed by atoms with Crippen molar-refractivity contribution in [3.05, 3.63) is 28.5 Å². The highest BCUT2D eigenvalue weighted by molar-refractivity contribution is 7.71. The second kappa shape index (κ2) is 5.28. The summed E-state index contributed by atoms with van der Waals surface area (Å²) in [6, 6.07) is 2.52. The summed E-state index contributed by atoms with van der Waals surface area (Å²) < 4.78 is 29.7. The van der Waals surface area contributed by atoms with Gasteiger partial charge in [-0.05, 0) is 37.0 Å². The Morgan fingerprint density at radius 2 is 2.15 bits per heavy atom. The monoisotopic (exact) mass is 296 g/mol. The van der Waals surface area contributed by atoms with Crippen molar-refractivity contribution in [2.24, 2.45) is 5.92 Å². The van der Waals surface area contributed by atoms with Gasteiger partial charge in [-0.3, -0.25) is 0 Å². The van der Waals surface area contributed by atoms with Gasteiger partial charge in [0.25, 0.3) is 0 Å². The van der Waals surface area contributed by atoms with Crippen LogP contribution in [0.25, 0.3) is 11.0 Å². The molecule has 0 radical (unpaired) electrons. The third-order valence-corrected chi connectivity index (χ3v) is 4.74. The van der Waals surface area contributed by atoms with Gasteiger partial charge in [-0.1, -0.05) is 26.2 Å². The normalized spacial score (nSPS) is 23.4. The first-order valence-corrected chi connectivity index (χ1v) is 7.60. The van der Waals surface area contributed by atoms with E-state index in [-0.39, 0.29) is 6.04 Å². The molecule has 1 N–H and O–H groups in total. The summed E-state index contributed by atoms with van der Waals surface area (Å²) in [7, 11) is 0. The van der Waals surface area contributed by atoms with Crippen molar-refractivity contribution in [2.45, 2.75) is 45.1 Å². The van der Waals surface area contributed by atoms with Gasteiger partial charge in [-0.25, -0.2) is 8.78 Å². The number of nitrogens with zero attached hydrogens (tertiary/aromatic N) is 1. The summed E-state index contributed by atoms with van der Waals surface area (Å²) in [6.45, 7) is 2.20. The average Bonchev–Trinajstić information content (AvgIpc) is 2.75. The fraction of sp³-hybridized carbons (Fsp3) is 0.533. The van der Waals surface area contributed by atoms with Crippen LogP contribution < -0.4 is 0 Å². The van der Waals surface area contributed by atoms with Gasteiger partial charge in [0.2, 0.25) is 0 Å². The van der Waals surface area contributed by atoms with Crippen molar-refractivity contribution >= 4 is 23.3 Å². The minimum absolute atomic E-state index is 0.246. The van der Waals surface area contributed by atoms with Crippen LogP contribution in [0, 0.1) is 22.3 Å². The summed E-state index contributed by atoms with van der Waals surface area (Å²) in [4.78, 5) is 2.89. The molecule has 1 aromatic heterocycles.